The Morgan fingerprint density at radius 2 is 1.67 bits per heavy atom. The number of alkyl halides is 1. The third kappa shape index (κ3) is 2.56. The standard InChI is InChI=1S/C13H10FI/c14-13-3-1-2-12(8-13)11-6-4-10(9-15)5-7-11/h1-8H,9H2. The van der Waals surface area contributed by atoms with Crippen LogP contribution in [0.2, 0.25) is 0 Å². The van der Waals surface area contributed by atoms with Crippen LogP contribution in [-0.4, -0.2) is 0 Å². The van der Waals surface area contributed by atoms with E-state index in [4.69, 9.17) is 0 Å². The summed E-state index contributed by atoms with van der Waals surface area (Å²) in [6.07, 6.45) is 0. The van der Waals surface area contributed by atoms with Gasteiger partial charge in [-0.3, -0.25) is 0 Å². The highest BCUT2D eigenvalue weighted by Gasteiger charge is 1.98. The molecule has 0 aromatic heterocycles. The van der Waals surface area contributed by atoms with Crippen molar-refractivity contribution in [3.05, 3.63) is 59.9 Å². The van der Waals surface area contributed by atoms with Gasteiger partial charge in [-0.25, -0.2) is 4.39 Å². The predicted octanol–water partition coefficient (Wildman–Crippen LogP) is 4.43. The molecule has 0 aliphatic rings. The minimum Gasteiger partial charge on any atom is -0.207 e. The van der Waals surface area contributed by atoms with Gasteiger partial charge in [0.15, 0.2) is 0 Å². The van der Waals surface area contributed by atoms with Crippen molar-refractivity contribution in [3.63, 3.8) is 0 Å². The van der Waals surface area contributed by atoms with E-state index in [2.05, 4.69) is 34.7 Å². The molecule has 0 unspecified atom stereocenters. The molecule has 0 saturated heterocycles. The monoisotopic (exact) mass is 312 g/mol. The highest BCUT2D eigenvalue weighted by atomic mass is 127. The molecule has 2 rings (SSSR count). The molecule has 2 aromatic rings. The Balaban J connectivity index is 2.37. The second kappa shape index (κ2) is 4.75. The lowest BCUT2D eigenvalue weighted by Gasteiger charge is -2.02. The van der Waals surface area contributed by atoms with Crippen molar-refractivity contribution in [2.45, 2.75) is 4.43 Å². The normalized spacial score (nSPS) is 10.3. The molecule has 0 saturated carbocycles. The lowest BCUT2D eigenvalue weighted by atomic mass is 10.0. The Morgan fingerprint density at radius 3 is 2.27 bits per heavy atom. The van der Waals surface area contributed by atoms with Gasteiger partial charge in [-0.05, 0) is 28.8 Å². The van der Waals surface area contributed by atoms with E-state index in [0.29, 0.717) is 0 Å². The molecule has 0 spiro atoms. The Bertz CT molecular complexity index is 448. The Morgan fingerprint density at radius 1 is 0.933 bits per heavy atom. The number of rotatable bonds is 2. The van der Waals surface area contributed by atoms with Crippen molar-refractivity contribution in [2.24, 2.45) is 0 Å². The Hall–Kier alpha value is -0.900. The summed E-state index contributed by atoms with van der Waals surface area (Å²) in [5.74, 6) is -0.189. The molecule has 0 aliphatic heterocycles. The fourth-order valence-electron chi connectivity index (χ4n) is 1.45. The summed E-state index contributed by atoms with van der Waals surface area (Å²) in [7, 11) is 0. The van der Waals surface area contributed by atoms with Gasteiger partial charge in [0.2, 0.25) is 0 Å². The topological polar surface area (TPSA) is 0 Å². The molecule has 0 radical (unpaired) electrons. The van der Waals surface area contributed by atoms with Crippen LogP contribution in [0.15, 0.2) is 48.5 Å². The molecule has 2 heteroatoms. The SMILES string of the molecule is Fc1cccc(-c2ccc(CI)cc2)c1. The molecule has 15 heavy (non-hydrogen) atoms. The van der Waals surface area contributed by atoms with Crippen LogP contribution in [0.3, 0.4) is 0 Å². The van der Waals surface area contributed by atoms with Gasteiger partial charge >= 0.3 is 0 Å². The zero-order chi connectivity index (χ0) is 10.7. The van der Waals surface area contributed by atoms with Crippen molar-refractivity contribution < 1.29 is 4.39 Å². The smallest absolute Gasteiger partial charge is 0.123 e. The van der Waals surface area contributed by atoms with Crippen molar-refractivity contribution in [1.82, 2.24) is 0 Å². The largest absolute Gasteiger partial charge is 0.207 e. The third-order valence-electron chi connectivity index (χ3n) is 2.27. The van der Waals surface area contributed by atoms with E-state index in [-0.39, 0.29) is 5.82 Å². The predicted molar refractivity (Wildman–Crippen MR) is 69.6 cm³/mol. The molecular weight excluding hydrogens is 302 g/mol. The van der Waals surface area contributed by atoms with Gasteiger partial charge in [0.25, 0.3) is 0 Å². The Kier molecular flexibility index (Phi) is 3.36. The minimum atomic E-state index is -0.189. The minimum absolute atomic E-state index is 0.189. The van der Waals surface area contributed by atoms with Gasteiger partial charge in [-0.1, -0.05) is 59.0 Å². The molecule has 0 fully saturated rings. The number of hydrogen-bond acceptors (Lipinski definition) is 0. The van der Waals surface area contributed by atoms with Gasteiger partial charge in [0, 0.05) is 4.43 Å². The second-order valence-electron chi connectivity index (χ2n) is 3.34. The maximum Gasteiger partial charge on any atom is 0.123 e. The highest BCUT2D eigenvalue weighted by molar-refractivity contribution is 14.1. The summed E-state index contributed by atoms with van der Waals surface area (Å²) < 4.78 is 14.0. The molecule has 0 bridgehead atoms. The third-order valence-corrected chi connectivity index (χ3v) is 3.15. The highest BCUT2D eigenvalue weighted by Crippen LogP contribution is 2.21. The van der Waals surface area contributed by atoms with Crippen LogP contribution in [0.25, 0.3) is 11.1 Å². The quantitative estimate of drug-likeness (QED) is 0.568. The fourth-order valence-corrected chi connectivity index (χ4v) is 1.96. The van der Waals surface area contributed by atoms with Gasteiger partial charge in [0.1, 0.15) is 5.82 Å². The molecular formula is C13H10FI. The van der Waals surface area contributed by atoms with Crippen molar-refractivity contribution >= 4 is 22.6 Å². The summed E-state index contributed by atoms with van der Waals surface area (Å²) in [5.41, 5.74) is 3.27. The summed E-state index contributed by atoms with van der Waals surface area (Å²) in [6.45, 7) is 0. The van der Waals surface area contributed by atoms with Crippen LogP contribution in [0.5, 0.6) is 0 Å². The molecule has 0 atom stereocenters. The molecule has 0 aliphatic carbocycles. The molecule has 0 N–H and O–H groups in total. The van der Waals surface area contributed by atoms with E-state index >= 15 is 0 Å². The number of benzene rings is 2. The summed E-state index contributed by atoms with van der Waals surface area (Å²) in [5, 5.41) is 0. The van der Waals surface area contributed by atoms with Crippen molar-refractivity contribution in [3.8, 4) is 11.1 Å². The zero-order valence-corrected chi connectivity index (χ0v) is 10.2. The van der Waals surface area contributed by atoms with Gasteiger partial charge < -0.3 is 0 Å². The van der Waals surface area contributed by atoms with Crippen LogP contribution in [0, 0.1) is 5.82 Å². The lowest BCUT2D eigenvalue weighted by Crippen LogP contribution is -1.81. The average molecular weight is 312 g/mol. The molecule has 0 heterocycles. The first-order valence-electron chi connectivity index (χ1n) is 4.70. The van der Waals surface area contributed by atoms with Crippen molar-refractivity contribution in [2.75, 3.05) is 0 Å². The second-order valence-corrected chi connectivity index (χ2v) is 4.10. The average Bonchev–Trinajstić information content (AvgIpc) is 2.29. The van der Waals surface area contributed by atoms with Gasteiger partial charge in [-0.2, -0.15) is 0 Å². The summed E-state index contributed by atoms with van der Waals surface area (Å²) >= 11 is 2.33. The molecule has 76 valence electrons. The van der Waals surface area contributed by atoms with Gasteiger partial charge in [0.05, 0.1) is 0 Å². The van der Waals surface area contributed by atoms with E-state index < -0.39 is 0 Å². The molecule has 0 amide bonds. The number of halogens is 2. The first-order valence-corrected chi connectivity index (χ1v) is 6.23. The van der Waals surface area contributed by atoms with Crippen molar-refractivity contribution in [1.29, 1.82) is 0 Å². The van der Waals surface area contributed by atoms with E-state index in [9.17, 15) is 4.39 Å². The van der Waals surface area contributed by atoms with Crippen LogP contribution in [0.4, 0.5) is 4.39 Å². The van der Waals surface area contributed by atoms with Gasteiger partial charge in [-0.15, -0.1) is 0 Å². The van der Waals surface area contributed by atoms with Crippen LogP contribution < -0.4 is 0 Å². The number of hydrogen-bond donors (Lipinski definition) is 0. The fraction of sp³-hybridized carbons (Fsp3) is 0.0769. The van der Waals surface area contributed by atoms with Crippen LogP contribution in [-0.2, 0) is 4.43 Å². The zero-order valence-electron chi connectivity index (χ0n) is 8.08. The van der Waals surface area contributed by atoms with E-state index in [1.807, 2.05) is 18.2 Å². The lowest BCUT2D eigenvalue weighted by molar-refractivity contribution is 0.628. The summed E-state index contributed by atoms with van der Waals surface area (Å²) in [4.78, 5) is 0. The first-order chi connectivity index (χ1) is 7.29. The maximum absolute atomic E-state index is 13.0. The Labute approximate surface area is 102 Å². The molecule has 2 aromatic carbocycles. The first kappa shape index (κ1) is 10.6. The van der Waals surface area contributed by atoms with E-state index in [1.165, 1.54) is 11.6 Å². The summed E-state index contributed by atoms with van der Waals surface area (Å²) in [6, 6.07) is 14.9. The van der Waals surface area contributed by atoms with Crippen LogP contribution >= 0.6 is 22.6 Å². The molecule has 0 nitrogen and oxygen atoms in total. The van der Waals surface area contributed by atoms with Crippen LogP contribution in [0.1, 0.15) is 5.56 Å². The van der Waals surface area contributed by atoms with E-state index in [1.54, 1.807) is 12.1 Å². The van der Waals surface area contributed by atoms with E-state index in [0.717, 1.165) is 15.6 Å². The maximum atomic E-state index is 13.0.